The lowest BCUT2D eigenvalue weighted by Crippen LogP contribution is -1.97. The lowest BCUT2D eigenvalue weighted by molar-refractivity contribution is -0.116. The summed E-state index contributed by atoms with van der Waals surface area (Å²) < 4.78 is 0. The van der Waals surface area contributed by atoms with E-state index in [9.17, 15) is 4.79 Å². The Labute approximate surface area is 173 Å². The van der Waals surface area contributed by atoms with Gasteiger partial charge in [0.15, 0.2) is 0 Å². The van der Waals surface area contributed by atoms with E-state index in [1.807, 2.05) is 48.5 Å². The first-order valence-corrected chi connectivity index (χ1v) is 9.70. The molecule has 6 nitrogen and oxygen atoms in total. The third-order valence-electron chi connectivity index (χ3n) is 5.11. The van der Waals surface area contributed by atoms with Crippen molar-refractivity contribution in [2.75, 3.05) is 5.32 Å². The van der Waals surface area contributed by atoms with Crippen molar-refractivity contribution in [1.29, 1.82) is 0 Å². The Morgan fingerprint density at radius 3 is 2.63 bits per heavy atom. The summed E-state index contributed by atoms with van der Waals surface area (Å²) >= 11 is 0. The fraction of sp³-hybridized carbons (Fsp3) is 0.0833. The Morgan fingerprint density at radius 1 is 0.967 bits per heavy atom. The van der Waals surface area contributed by atoms with Gasteiger partial charge in [-0.05, 0) is 47.9 Å². The molecule has 2 heterocycles. The van der Waals surface area contributed by atoms with Crippen LogP contribution in [0.1, 0.15) is 12.5 Å². The quantitative estimate of drug-likeness (QED) is 0.437. The monoisotopic (exact) mass is 393 g/mol. The molecule has 146 valence electrons. The van der Waals surface area contributed by atoms with Crippen molar-refractivity contribution in [1.82, 2.24) is 20.2 Å². The molecule has 6 heteroatoms. The molecule has 5 rings (SSSR count). The van der Waals surface area contributed by atoms with Gasteiger partial charge in [-0.2, -0.15) is 5.10 Å². The van der Waals surface area contributed by atoms with Gasteiger partial charge in [0, 0.05) is 17.2 Å². The number of anilines is 2. The Kier molecular flexibility index (Phi) is 4.44. The van der Waals surface area contributed by atoms with E-state index in [0.29, 0.717) is 6.42 Å². The van der Waals surface area contributed by atoms with E-state index in [2.05, 4.69) is 37.6 Å². The number of nitrogens with zero attached hydrogens (tertiary/aromatic N) is 3. The number of benzene rings is 3. The zero-order valence-corrected chi connectivity index (χ0v) is 16.4. The summed E-state index contributed by atoms with van der Waals surface area (Å²) in [4.78, 5) is 20.2. The van der Waals surface area contributed by atoms with Crippen LogP contribution in [0.5, 0.6) is 0 Å². The summed E-state index contributed by atoms with van der Waals surface area (Å²) in [6, 6.07) is 20.2. The van der Waals surface area contributed by atoms with Gasteiger partial charge in [0.1, 0.15) is 17.9 Å². The van der Waals surface area contributed by atoms with Crippen LogP contribution in [0.15, 0.2) is 73.2 Å². The molecule has 0 unspecified atom stereocenters. The molecule has 0 saturated heterocycles. The Morgan fingerprint density at radius 2 is 1.80 bits per heavy atom. The largest absolute Gasteiger partial charge is 0.339 e. The van der Waals surface area contributed by atoms with Crippen LogP contribution in [0, 0.1) is 0 Å². The average molecular weight is 393 g/mol. The van der Waals surface area contributed by atoms with Gasteiger partial charge >= 0.3 is 0 Å². The first-order valence-electron chi connectivity index (χ1n) is 9.70. The minimum absolute atomic E-state index is 0.161. The van der Waals surface area contributed by atoms with Crippen LogP contribution in [-0.2, 0) is 11.2 Å². The number of aromatic nitrogens is 4. The van der Waals surface area contributed by atoms with Gasteiger partial charge in [0.25, 0.3) is 0 Å². The minimum Gasteiger partial charge on any atom is -0.339 e. The van der Waals surface area contributed by atoms with E-state index in [1.54, 1.807) is 19.4 Å². The highest BCUT2D eigenvalue weighted by atomic mass is 16.1. The topological polar surface area (TPSA) is 83.6 Å². The number of Topliss-reactive ketones (excluding diaryl/α,β-unsaturated/α-hetero) is 1. The second-order valence-electron chi connectivity index (χ2n) is 7.29. The number of H-pyrrole nitrogens is 1. The number of ketones is 1. The number of carbonyl (C=O) groups is 1. The maximum absolute atomic E-state index is 11.3. The zero-order chi connectivity index (χ0) is 20.5. The molecule has 0 bridgehead atoms. The Balaban J connectivity index is 1.54. The van der Waals surface area contributed by atoms with Crippen molar-refractivity contribution in [3.05, 3.63) is 78.8 Å². The molecule has 0 aliphatic carbocycles. The Bertz CT molecular complexity index is 1370. The van der Waals surface area contributed by atoms with Crippen LogP contribution in [-0.4, -0.2) is 25.9 Å². The van der Waals surface area contributed by atoms with E-state index in [0.717, 1.165) is 50.0 Å². The Hall–Kier alpha value is -4.06. The molecule has 0 amide bonds. The molecule has 0 aliphatic rings. The molecular formula is C24H19N5O. The molecule has 0 radical (unpaired) electrons. The van der Waals surface area contributed by atoms with Gasteiger partial charge in [0.05, 0.1) is 22.9 Å². The number of fused-ring (bicyclic) bond motifs is 2. The van der Waals surface area contributed by atoms with Crippen LogP contribution in [0.2, 0.25) is 0 Å². The van der Waals surface area contributed by atoms with Crippen molar-refractivity contribution in [3.8, 4) is 11.1 Å². The maximum Gasteiger partial charge on any atom is 0.141 e. The van der Waals surface area contributed by atoms with Gasteiger partial charge in [-0.15, -0.1) is 0 Å². The van der Waals surface area contributed by atoms with E-state index in [1.165, 1.54) is 0 Å². The van der Waals surface area contributed by atoms with E-state index < -0.39 is 0 Å². The first kappa shape index (κ1) is 18.0. The summed E-state index contributed by atoms with van der Waals surface area (Å²) in [5, 5.41) is 12.5. The van der Waals surface area contributed by atoms with E-state index >= 15 is 0 Å². The second-order valence-corrected chi connectivity index (χ2v) is 7.29. The highest BCUT2D eigenvalue weighted by Gasteiger charge is 2.09. The molecule has 5 aromatic rings. The van der Waals surface area contributed by atoms with Crippen molar-refractivity contribution >= 4 is 39.1 Å². The van der Waals surface area contributed by atoms with Crippen molar-refractivity contribution in [2.45, 2.75) is 13.3 Å². The molecular weight excluding hydrogens is 374 g/mol. The van der Waals surface area contributed by atoms with Gasteiger partial charge in [0.2, 0.25) is 0 Å². The average Bonchev–Trinajstić information content (AvgIpc) is 3.24. The van der Waals surface area contributed by atoms with Crippen LogP contribution in [0.3, 0.4) is 0 Å². The van der Waals surface area contributed by atoms with Crippen molar-refractivity contribution in [3.63, 3.8) is 0 Å². The van der Waals surface area contributed by atoms with Crippen molar-refractivity contribution in [2.24, 2.45) is 0 Å². The summed E-state index contributed by atoms with van der Waals surface area (Å²) in [5.41, 5.74) is 5.92. The first-order chi connectivity index (χ1) is 14.7. The molecule has 0 spiro atoms. The van der Waals surface area contributed by atoms with Crippen LogP contribution < -0.4 is 5.32 Å². The lowest BCUT2D eigenvalue weighted by Gasteiger charge is -2.11. The third-order valence-corrected chi connectivity index (χ3v) is 5.11. The van der Waals surface area contributed by atoms with E-state index in [-0.39, 0.29) is 5.78 Å². The third kappa shape index (κ3) is 3.39. The van der Waals surface area contributed by atoms with Crippen LogP contribution >= 0.6 is 0 Å². The normalized spacial score (nSPS) is 11.1. The molecule has 30 heavy (non-hydrogen) atoms. The molecule has 3 aromatic carbocycles. The number of aromatic amines is 1. The van der Waals surface area contributed by atoms with E-state index in [4.69, 9.17) is 0 Å². The second kappa shape index (κ2) is 7.40. The van der Waals surface area contributed by atoms with Gasteiger partial charge in [-0.25, -0.2) is 9.97 Å². The number of hydrogen-bond acceptors (Lipinski definition) is 5. The van der Waals surface area contributed by atoms with Crippen LogP contribution in [0.25, 0.3) is 32.9 Å². The fourth-order valence-corrected chi connectivity index (χ4v) is 3.64. The van der Waals surface area contributed by atoms with Gasteiger partial charge < -0.3 is 5.32 Å². The predicted molar refractivity (Wildman–Crippen MR) is 119 cm³/mol. The number of hydrogen-bond donors (Lipinski definition) is 2. The molecule has 0 atom stereocenters. The smallest absolute Gasteiger partial charge is 0.141 e. The number of carbonyl (C=O) groups excluding carboxylic acids is 1. The fourth-order valence-electron chi connectivity index (χ4n) is 3.64. The maximum atomic E-state index is 11.3. The molecule has 0 saturated carbocycles. The number of nitrogens with one attached hydrogen (secondary N) is 2. The molecule has 0 fully saturated rings. The minimum atomic E-state index is 0.161. The SMILES string of the molecule is CC(=O)Cc1ccc(-c2ccc3ncnc(Nc4cccc5[nH]ncc45)c3c2)cc1. The summed E-state index contributed by atoms with van der Waals surface area (Å²) in [7, 11) is 0. The van der Waals surface area contributed by atoms with Crippen LogP contribution in [0.4, 0.5) is 11.5 Å². The summed E-state index contributed by atoms with van der Waals surface area (Å²) in [6.45, 7) is 1.61. The molecule has 2 N–H and O–H groups in total. The van der Waals surface area contributed by atoms with Gasteiger partial charge in [-0.1, -0.05) is 36.4 Å². The highest BCUT2D eigenvalue weighted by molar-refractivity contribution is 5.98. The molecule has 2 aromatic heterocycles. The highest BCUT2D eigenvalue weighted by Crippen LogP contribution is 2.30. The zero-order valence-electron chi connectivity index (χ0n) is 16.4. The predicted octanol–water partition coefficient (Wildman–Crippen LogP) is 5.05. The summed E-state index contributed by atoms with van der Waals surface area (Å²) in [5.74, 6) is 0.901. The van der Waals surface area contributed by atoms with Crippen molar-refractivity contribution < 1.29 is 4.79 Å². The lowest BCUT2D eigenvalue weighted by atomic mass is 10.0. The van der Waals surface area contributed by atoms with Gasteiger partial charge in [-0.3, -0.25) is 9.89 Å². The standard InChI is InChI=1S/C24H19N5O/c1-15(30)11-16-5-7-17(8-6-16)18-9-10-21-19(12-18)24(26-14-25-21)28-22-3-2-4-23-20(22)13-27-29-23/h2-10,12-14H,11H2,1H3,(H,27,29)(H,25,26,28). The molecule has 0 aliphatic heterocycles. The number of rotatable bonds is 5. The summed E-state index contributed by atoms with van der Waals surface area (Å²) in [6.07, 6.45) is 3.82.